The van der Waals surface area contributed by atoms with E-state index in [-0.39, 0.29) is 5.91 Å². The smallest absolute Gasteiger partial charge is 0.328 e. The molecule has 4 heteroatoms. The molecule has 2 aliphatic rings. The quantitative estimate of drug-likeness (QED) is 0.745. The summed E-state index contributed by atoms with van der Waals surface area (Å²) >= 11 is 0. The fourth-order valence-corrected chi connectivity index (χ4v) is 3.07. The summed E-state index contributed by atoms with van der Waals surface area (Å²) in [5.41, 5.74) is 0.493. The third-order valence-corrected chi connectivity index (χ3v) is 4.17. The second kappa shape index (κ2) is 4.90. The second-order valence-electron chi connectivity index (χ2n) is 5.20. The van der Waals surface area contributed by atoms with E-state index in [2.05, 4.69) is 0 Å². The van der Waals surface area contributed by atoms with E-state index < -0.39 is 5.97 Å². The number of amides is 1. The summed E-state index contributed by atoms with van der Waals surface area (Å²) in [7, 11) is 0. The Labute approximate surface area is 101 Å². The molecule has 1 aliphatic heterocycles. The highest BCUT2D eigenvalue weighted by molar-refractivity contribution is 5.93. The van der Waals surface area contributed by atoms with Crippen molar-refractivity contribution in [2.24, 2.45) is 5.41 Å². The maximum absolute atomic E-state index is 11.7. The van der Waals surface area contributed by atoms with Gasteiger partial charge in [-0.3, -0.25) is 4.79 Å². The van der Waals surface area contributed by atoms with Crippen molar-refractivity contribution >= 4 is 11.9 Å². The zero-order valence-electron chi connectivity index (χ0n) is 10.0. The predicted octanol–water partition coefficient (Wildman–Crippen LogP) is 1.81. The molecule has 1 aliphatic carbocycles. The van der Waals surface area contributed by atoms with Crippen molar-refractivity contribution in [2.45, 2.75) is 38.5 Å². The average Bonchev–Trinajstić information content (AvgIpc) is 2.75. The number of carbonyl (C=O) groups is 2. The minimum absolute atomic E-state index is 0.166. The number of hydrogen-bond acceptors (Lipinski definition) is 2. The average molecular weight is 237 g/mol. The molecule has 0 aromatic carbocycles. The largest absolute Gasteiger partial charge is 0.478 e. The van der Waals surface area contributed by atoms with Gasteiger partial charge in [0.1, 0.15) is 0 Å². The lowest BCUT2D eigenvalue weighted by Gasteiger charge is -2.39. The Kier molecular flexibility index (Phi) is 3.50. The molecule has 1 spiro atoms. The van der Waals surface area contributed by atoms with Crippen LogP contribution in [0.15, 0.2) is 12.2 Å². The standard InChI is InChI=1S/C13H19NO3/c15-11(3-4-12(16)17)14-9-7-13(8-10-14)5-1-2-6-13/h3-4H,1-2,5-10H2,(H,16,17). The van der Waals surface area contributed by atoms with Crippen LogP contribution < -0.4 is 0 Å². The van der Waals surface area contributed by atoms with Crippen molar-refractivity contribution in [3.63, 3.8) is 0 Å². The summed E-state index contributed by atoms with van der Waals surface area (Å²) < 4.78 is 0. The van der Waals surface area contributed by atoms with Gasteiger partial charge in [-0.2, -0.15) is 0 Å². The van der Waals surface area contributed by atoms with Crippen LogP contribution in [0.1, 0.15) is 38.5 Å². The van der Waals surface area contributed by atoms with E-state index in [1.165, 1.54) is 25.7 Å². The Morgan fingerprint density at radius 2 is 1.59 bits per heavy atom. The van der Waals surface area contributed by atoms with Crippen molar-refractivity contribution in [2.75, 3.05) is 13.1 Å². The number of carboxylic acids is 1. The SMILES string of the molecule is O=C(O)C=CC(=O)N1CCC2(CCCC2)CC1. The molecule has 0 unspecified atom stereocenters. The maximum Gasteiger partial charge on any atom is 0.328 e. The van der Waals surface area contributed by atoms with Gasteiger partial charge in [0.25, 0.3) is 0 Å². The van der Waals surface area contributed by atoms with E-state index >= 15 is 0 Å². The van der Waals surface area contributed by atoms with Crippen molar-refractivity contribution in [3.8, 4) is 0 Å². The number of carboxylic acid groups (broad SMARTS) is 1. The topological polar surface area (TPSA) is 57.6 Å². The summed E-state index contributed by atoms with van der Waals surface area (Å²) in [5.74, 6) is -1.23. The number of hydrogen-bond donors (Lipinski definition) is 1. The van der Waals surface area contributed by atoms with Gasteiger partial charge < -0.3 is 10.0 Å². The van der Waals surface area contributed by atoms with Crippen LogP contribution in [0.5, 0.6) is 0 Å². The molecular formula is C13H19NO3. The Morgan fingerprint density at radius 1 is 1.00 bits per heavy atom. The molecule has 94 valence electrons. The lowest BCUT2D eigenvalue weighted by atomic mass is 9.77. The number of rotatable bonds is 2. The number of carbonyl (C=O) groups excluding carboxylic acids is 1. The molecule has 1 saturated carbocycles. The molecule has 1 amide bonds. The summed E-state index contributed by atoms with van der Waals surface area (Å²) in [6, 6.07) is 0. The maximum atomic E-state index is 11.7. The molecule has 17 heavy (non-hydrogen) atoms. The van der Waals surface area contributed by atoms with Crippen LogP contribution in [0.3, 0.4) is 0 Å². The second-order valence-corrected chi connectivity index (χ2v) is 5.20. The number of likely N-dealkylation sites (tertiary alicyclic amines) is 1. The van der Waals surface area contributed by atoms with Crippen molar-refractivity contribution in [3.05, 3.63) is 12.2 Å². The van der Waals surface area contributed by atoms with Crippen LogP contribution in [-0.4, -0.2) is 35.0 Å². The normalized spacial score (nSPS) is 23.4. The van der Waals surface area contributed by atoms with Crippen molar-refractivity contribution in [1.82, 2.24) is 4.90 Å². The Balaban J connectivity index is 1.86. The van der Waals surface area contributed by atoms with Gasteiger partial charge >= 0.3 is 5.97 Å². The van der Waals surface area contributed by atoms with E-state index in [0.29, 0.717) is 5.41 Å². The van der Waals surface area contributed by atoms with E-state index in [1.54, 1.807) is 4.90 Å². The summed E-state index contributed by atoms with van der Waals surface area (Å²) in [4.78, 5) is 23.8. The fourth-order valence-electron chi connectivity index (χ4n) is 3.07. The van der Waals surface area contributed by atoms with Crippen LogP contribution in [0.4, 0.5) is 0 Å². The van der Waals surface area contributed by atoms with E-state index in [0.717, 1.165) is 38.1 Å². The molecular weight excluding hydrogens is 218 g/mol. The molecule has 1 N–H and O–H groups in total. The molecule has 0 aromatic rings. The monoisotopic (exact) mass is 237 g/mol. The van der Waals surface area contributed by atoms with Gasteiger partial charge in [-0.1, -0.05) is 12.8 Å². The molecule has 2 fully saturated rings. The first-order chi connectivity index (χ1) is 8.11. The Morgan fingerprint density at radius 3 is 2.12 bits per heavy atom. The lowest BCUT2D eigenvalue weighted by Crippen LogP contribution is -2.41. The minimum Gasteiger partial charge on any atom is -0.478 e. The third-order valence-electron chi connectivity index (χ3n) is 4.17. The van der Waals surface area contributed by atoms with Gasteiger partial charge in [-0.05, 0) is 31.1 Å². The van der Waals surface area contributed by atoms with Gasteiger partial charge in [0.15, 0.2) is 0 Å². The van der Waals surface area contributed by atoms with Crippen LogP contribution in [0, 0.1) is 5.41 Å². The predicted molar refractivity (Wildman–Crippen MR) is 63.5 cm³/mol. The molecule has 0 aromatic heterocycles. The molecule has 0 bridgehead atoms. The lowest BCUT2D eigenvalue weighted by molar-refractivity contribution is -0.132. The molecule has 0 radical (unpaired) electrons. The van der Waals surface area contributed by atoms with Crippen LogP contribution >= 0.6 is 0 Å². The van der Waals surface area contributed by atoms with Crippen LogP contribution in [-0.2, 0) is 9.59 Å². The van der Waals surface area contributed by atoms with E-state index in [4.69, 9.17) is 5.11 Å². The first-order valence-corrected chi connectivity index (χ1v) is 6.31. The molecule has 1 heterocycles. The van der Waals surface area contributed by atoms with Gasteiger partial charge in [-0.25, -0.2) is 4.79 Å². The first-order valence-electron chi connectivity index (χ1n) is 6.31. The number of aliphatic carboxylic acids is 1. The van der Waals surface area contributed by atoms with Crippen LogP contribution in [0.25, 0.3) is 0 Å². The number of piperidine rings is 1. The molecule has 2 rings (SSSR count). The zero-order chi connectivity index (χ0) is 12.3. The Bertz CT molecular complexity index is 333. The summed E-state index contributed by atoms with van der Waals surface area (Å²) in [5, 5.41) is 8.47. The van der Waals surface area contributed by atoms with Gasteiger partial charge in [0, 0.05) is 25.2 Å². The molecule has 4 nitrogen and oxygen atoms in total. The van der Waals surface area contributed by atoms with E-state index in [1.807, 2.05) is 0 Å². The molecule has 1 saturated heterocycles. The minimum atomic E-state index is -1.07. The highest BCUT2D eigenvalue weighted by Crippen LogP contribution is 2.46. The third kappa shape index (κ3) is 2.87. The van der Waals surface area contributed by atoms with Gasteiger partial charge in [0.05, 0.1) is 0 Å². The highest BCUT2D eigenvalue weighted by atomic mass is 16.4. The summed E-state index contributed by atoms with van der Waals surface area (Å²) in [6.45, 7) is 1.56. The van der Waals surface area contributed by atoms with Gasteiger partial charge in [0.2, 0.25) is 5.91 Å². The fraction of sp³-hybridized carbons (Fsp3) is 0.692. The van der Waals surface area contributed by atoms with Crippen LogP contribution in [0.2, 0.25) is 0 Å². The highest BCUT2D eigenvalue weighted by Gasteiger charge is 2.37. The van der Waals surface area contributed by atoms with E-state index in [9.17, 15) is 9.59 Å². The zero-order valence-corrected chi connectivity index (χ0v) is 10.0. The van der Waals surface area contributed by atoms with Crippen molar-refractivity contribution < 1.29 is 14.7 Å². The Hall–Kier alpha value is -1.32. The number of nitrogens with zero attached hydrogens (tertiary/aromatic N) is 1. The molecule has 0 atom stereocenters. The van der Waals surface area contributed by atoms with Crippen molar-refractivity contribution in [1.29, 1.82) is 0 Å². The summed E-state index contributed by atoms with van der Waals surface area (Å²) in [6.07, 6.45) is 9.51. The van der Waals surface area contributed by atoms with Gasteiger partial charge in [-0.15, -0.1) is 0 Å². The first kappa shape index (κ1) is 12.1.